The van der Waals surface area contributed by atoms with Crippen molar-refractivity contribution in [2.45, 2.75) is 25.4 Å². The number of aromatic nitrogens is 1. The summed E-state index contributed by atoms with van der Waals surface area (Å²) in [6, 6.07) is 1.89. The summed E-state index contributed by atoms with van der Waals surface area (Å²) in [5, 5.41) is 10.9. The number of anilines is 2. The van der Waals surface area contributed by atoms with Crippen LogP contribution in [0.5, 0.6) is 0 Å². The minimum atomic E-state index is -0.493. The van der Waals surface area contributed by atoms with E-state index in [9.17, 15) is 5.11 Å². The number of nitrogens with zero attached hydrogens (tertiary/aromatic N) is 2. The first-order valence-corrected chi connectivity index (χ1v) is 5.54. The van der Waals surface area contributed by atoms with Gasteiger partial charge >= 0.3 is 0 Å². The van der Waals surface area contributed by atoms with Crippen LogP contribution in [0.25, 0.3) is 0 Å². The third-order valence-corrected chi connectivity index (χ3v) is 3.53. The van der Waals surface area contributed by atoms with Gasteiger partial charge in [0, 0.05) is 19.2 Å². The van der Waals surface area contributed by atoms with Gasteiger partial charge in [-0.25, -0.2) is 0 Å². The Balaban J connectivity index is 2.02. The van der Waals surface area contributed by atoms with Gasteiger partial charge in [-0.1, -0.05) is 0 Å². The molecule has 1 aromatic heterocycles. The lowest BCUT2D eigenvalue weighted by Gasteiger charge is -2.35. The van der Waals surface area contributed by atoms with Crippen LogP contribution in [0.3, 0.4) is 0 Å². The summed E-state index contributed by atoms with van der Waals surface area (Å²) in [7, 11) is 0. The molecule has 1 aliphatic heterocycles. The van der Waals surface area contributed by atoms with Crippen molar-refractivity contribution in [2.75, 3.05) is 23.7 Å². The molecule has 0 aromatic carbocycles. The quantitative estimate of drug-likeness (QED) is 0.732. The van der Waals surface area contributed by atoms with Crippen molar-refractivity contribution in [3.05, 3.63) is 6.07 Å². The van der Waals surface area contributed by atoms with Gasteiger partial charge in [0.15, 0.2) is 0 Å². The fourth-order valence-electron chi connectivity index (χ4n) is 1.64. The largest absolute Gasteiger partial charge is 0.390 e. The Bertz CT molecular complexity index is 314. The summed E-state index contributed by atoms with van der Waals surface area (Å²) < 4.78 is 4.04. The van der Waals surface area contributed by atoms with Crippen LogP contribution in [0.4, 0.5) is 10.8 Å². The van der Waals surface area contributed by atoms with E-state index in [0.717, 1.165) is 30.9 Å². The first kappa shape index (κ1) is 9.73. The maximum atomic E-state index is 9.78. The summed E-state index contributed by atoms with van der Waals surface area (Å²) in [5.74, 6) is 0.585. The van der Waals surface area contributed by atoms with E-state index in [1.54, 1.807) is 0 Å². The molecular formula is C9H15N3OS. The molecule has 1 aliphatic rings. The zero-order valence-corrected chi connectivity index (χ0v) is 9.05. The maximum absolute atomic E-state index is 9.78. The second kappa shape index (κ2) is 3.40. The van der Waals surface area contributed by atoms with E-state index in [-0.39, 0.29) is 0 Å². The van der Waals surface area contributed by atoms with Gasteiger partial charge in [-0.05, 0) is 31.3 Å². The third-order valence-electron chi connectivity index (χ3n) is 2.67. The molecule has 0 aliphatic carbocycles. The van der Waals surface area contributed by atoms with Gasteiger partial charge in [0.1, 0.15) is 10.8 Å². The van der Waals surface area contributed by atoms with E-state index >= 15 is 0 Å². The van der Waals surface area contributed by atoms with Gasteiger partial charge in [-0.3, -0.25) is 0 Å². The number of nitrogens with two attached hydrogens (primary N) is 1. The van der Waals surface area contributed by atoms with Crippen LogP contribution >= 0.6 is 11.5 Å². The highest BCUT2D eigenvalue weighted by Gasteiger charge is 2.27. The number of piperidine rings is 1. The Kier molecular flexibility index (Phi) is 2.36. The van der Waals surface area contributed by atoms with Gasteiger partial charge in [0.05, 0.1) is 5.60 Å². The molecule has 78 valence electrons. The summed E-state index contributed by atoms with van der Waals surface area (Å²) in [5.41, 5.74) is 5.07. The van der Waals surface area contributed by atoms with Crippen LogP contribution in [0.1, 0.15) is 19.8 Å². The molecule has 0 radical (unpaired) electrons. The summed E-state index contributed by atoms with van der Waals surface area (Å²) in [6.45, 7) is 3.66. The molecule has 4 nitrogen and oxygen atoms in total. The highest BCUT2D eigenvalue weighted by Crippen LogP contribution is 2.29. The molecule has 1 aromatic rings. The first-order valence-electron chi connectivity index (χ1n) is 4.76. The number of rotatable bonds is 1. The van der Waals surface area contributed by atoms with Crippen molar-refractivity contribution in [1.82, 2.24) is 4.37 Å². The average Bonchev–Trinajstić information content (AvgIpc) is 2.52. The van der Waals surface area contributed by atoms with Crippen LogP contribution < -0.4 is 10.6 Å². The Morgan fingerprint density at radius 1 is 1.57 bits per heavy atom. The van der Waals surface area contributed by atoms with Gasteiger partial charge in [-0.15, -0.1) is 0 Å². The number of hydrogen-bond acceptors (Lipinski definition) is 5. The molecule has 0 spiro atoms. The molecule has 0 bridgehead atoms. The Labute approximate surface area is 87.5 Å². The molecule has 0 atom stereocenters. The minimum absolute atomic E-state index is 0.493. The Morgan fingerprint density at radius 3 is 2.71 bits per heavy atom. The number of hydrogen-bond donors (Lipinski definition) is 2. The summed E-state index contributed by atoms with van der Waals surface area (Å²) >= 11 is 1.43. The lowest BCUT2D eigenvalue weighted by atomic mass is 9.94. The second-order valence-corrected chi connectivity index (χ2v) is 4.86. The van der Waals surface area contributed by atoms with Gasteiger partial charge in [-0.2, -0.15) is 4.37 Å². The van der Waals surface area contributed by atoms with Crippen molar-refractivity contribution >= 4 is 22.4 Å². The van der Waals surface area contributed by atoms with Crippen LogP contribution in [-0.4, -0.2) is 28.2 Å². The smallest absolute Gasteiger partial charge is 0.139 e. The molecule has 5 heteroatoms. The molecule has 2 heterocycles. The molecular weight excluding hydrogens is 198 g/mol. The molecule has 0 unspecified atom stereocenters. The Morgan fingerprint density at radius 2 is 2.21 bits per heavy atom. The van der Waals surface area contributed by atoms with Gasteiger partial charge in [0.2, 0.25) is 0 Å². The molecule has 0 saturated carbocycles. The maximum Gasteiger partial charge on any atom is 0.139 e. The van der Waals surface area contributed by atoms with Crippen molar-refractivity contribution < 1.29 is 5.11 Å². The normalized spacial score (nSPS) is 21.1. The predicted molar refractivity (Wildman–Crippen MR) is 58.6 cm³/mol. The van der Waals surface area contributed by atoms with E-state index in [1.807, 2.05) is 13.0 Å². The molecule has 1 fully saturated rings. The standard InChI is InChI=1S/C9H15N3OS/c1-9(13)2-4-12(5-3-9)8-6-7(10)11-14-8/h6,13H,2-5H2,1H3,(H2,10,11). The SMILES string of the molecule is CC1(O)CCN(c2cc(N)ns2)CC1. The van der Waals surface area contributed by atoms with E-state index < -0.39 is 5.60 Å². The average molecular weight is 213 g/mol. The third kappa shape index (κ3) is 1.99. The molecule has 14 heavy (non-hydrogen) atoms. The van der Waals surface area contributed by atoms with E-state index in [4.69, 9.17) is 5.73 Å². The topological polar surface area (TPSA) is 62.4 Å². The molecule has 3 N–H and O–H groups in total. The van der Waals surface area contributed by atoms with Crippen LogP contribution in [0, 0.1) is 0 Å². The van der Waals surface area contributed by atoms with E-state index in [2.05, 4.69) is 9.27 Å². The van der Waals surface area contributed by atoms with Gasteiger partial charge in [0.25, 0.3) is 0 Å². The van der Waals surface area contributed by atoms with Crippen molar-refractivity contribution in [3.63, 3.8) is 0 Å². The number of aliphatic hydroxyl groups is 1. The molecule has 1 saturated heterocycles. The van der Waals surface area contributed by atoms with Crippen molar-refractivity contribution in [2.24, 2.45) is 0 Å². The zero-order valence-electron chi connectivity index (χ0n) is 8.23. The van der Waals surface area contributed by atoms with Crippen molar-refractivity contribution in [1.29, 1.82) is 0 Å². The summed E-state index contributed by atoms with van der Waals surface area (Å²) in [4.78, 5) is 2.23. The van der Waals surface area contributed by atoms with Crippen LogP contribution in [0.15, 0.2) is 6.07 Å². The summed E-state index contributed by atoms with van der Waals surface area (Å²) in [6.07, 6.45) is 1.62. The van der Waals surface area contributed by atoms with E-state index in [0.29, 0.717) is 5.82 Å². The first-order chi connectivity index (χ1) is 6.57. The fourth-order valence-corrected chi connectivity index (χ4v) is 2.36. The number of nitrogen functional groups attached to an aromatic ring is 1. The lowest BCUT2D eigenvalue weighted by Crippen LogP contribution is -2.42. The van der Waals surface area contributed by atoms with Gasteiger partial charge < -0.3 is 15.7 Å². The van der Waals surface area contributed by atoms with Crippen LogP contribution in [0.2, 0.25) is 0 Å². The molecule has 2 rings (SSSR count). The fraction of sp³-hybridized carbons (Fsp3) is 0.667. The Hall–Kier alpha value is -0.810. The highest BCUT2D eigenvalue weighted by atomic mass is 32.1. The predicted octanol–water partition coefficient (Wildman–Crippen LogP) is 1.08. The van der Waals surface area contributed by atoms with E-state index in [1.165, 1.54) is 11.5 Å². The minimum Gasteiger partial charge on any atom is -0.390 e. The second-order valence-electron chi connectivity index (χ2n) is 4.07. The van der Waals surface area contributed by atoms with Crippen molar-refractivity contribution in [3.8, 4) is 0 Å². The molecule has 0 amide bonds. The lowest BCUT2D eigenvalue weighted by molar-refractivity contribution is 0.0352. The highest BCUT2D eigenvalue weighted by molar-refractivity contribution is 7.10. The van der Waals surface area contributed by atoms with Crippen LogP contribution in [-0.2, 0) is 0 Å². The zero-order chi connectivity index (χ0) is 10.2. The monoisotopic (exact) mass is 213 g/mol.